The molecule has 0 bridgehead atoms. The zero-order valence-electron chi connectivity index (χ0n) is 41.7. The molecule has 3 atom stereocenters. The van der Waals surface area contributed by atoms with E-state index in [0.717, 1.165) is 146 Å². The minimum absolute atomic E-state index is 0.230. The Hall–Kier alpha value is -5.24. The Morgan fingerprint density at radius 3 is 2.40 bits per heavy atom. The zero-order valence-corrected chi connectivity index (χ0v) is 43.4. The van der Waals surface area contributed by atoms with E-state index in [0.29, 0.717) is 50.5 Å². The number of hydrogen-bond acceptors (Lipinski definition) is 12. The lowest BCUT2D eigenvalue weighted by Gasteiger charge is -2.29. The molecule has 1 saturated heterocycles. The average Bonchev–Trinajstić information content (AvgIpc) is 4.07. The van der Waals surface area contributed by atoms with E-state index in [1.54, 1.807) is 11.3 Å². The fourth-order valence-electron chi connectivity index (χ4n) is 10.1. The number of aromatic nitrogens is 1. The van der Waals surface area contributed by atoms with E-state index < -0.39 is 0 Å². The third kappa shape index (κ3) is 14.9. The number of carbonyl (C=O) groups is 1. The first-order valence-electron chi connectivity index (χ1n) is 26.4. The summed E-state index contributed by atoms with van der Waals surface area (Å²) < 4.78 is 36.7. The molecule has 0 spiro atoms. The molecule has 2 saturated carbocycles. The van der Waals surface area contributed by atoms with Crippen LogP contribution in [0.25, 0.3) is 32.1 Å². The number of hydrogen-bond donors (Lipinski definition) is 1. The molecule has 0 radical (unpaired) electrons. The first-order chi connectivity index (χ1) is 35.5. The lowest BCUT2D eigenvalue weighted by atomic mass is 9.81. The van der Waals surface area contributed by atoms with Gasteiger partial charge in [-0.2, -0.15) is 17.7 Å². The van der Waals surface area contributed by atoms with Crippen molar-refractivity contribution in [2.75, 3.05) is 50.3 Å². The minimum atomic E-state index is -0.368. The Morgan fingerprint density at radius 2 is 1.57 bits per heavy atom. The average molecular weight is 1010 g/mol. The summed E-state index contributed by atoms with van der Waals surface area (Å²) in [4.78, 5) is 16.3. The molecule has 2 heterocycles. The van der Waals surface area contributed by atoms with Crippen molar-refractivity contribution in [2.45, 2.75) is 121 Å². The van der Waals surface area contributed by atoms with Gasteiger partial charge in [0.25, 0.3) is 0 Å². The Bertz CT molecular complexity index is 2670. The number of rotatable bonds is 28. The number of thiol groups is 1. The third-order valence-corrected chi connectivity index (χ3v) is 15.6. The molecule has 9 rings (SSSR count). The largest absolute Gasteiger partial charge is 0.494 e. The van der Waals surface area contributed by atoms with Crippen molar-refractivity contribution in [3.8, 4) is 22.6 Å². The van der Waals surface area contributed by atoms with Gasteiger partial charge in [-0.05, 0) is 183 Å². The SMILES string of the molecule is C=CC(=O)OCCCCCCOc1ccc(-c2ccc(C3CCC(OCc4ccc5cc(OCCCOCC6CCC7OC7C6)ccc5c4)CC3)cc2/C=N/N(CCCCS)c2nc3ccccc3s2)cc1. The molecule has 3 fully saturated rings. The number of fused-ring (bicyclic) bond motifs is 3. The fourth-order valence-corrected chi connectivity index (χ4v) is 11.2. The predicted octanol–water partition coefficient (Wildman–Crippen LogP) is 13.9. The van der Waals surface area contributed by atoms with Crippen LogP contribution in [-0.4, -0.2) is 80.8 Å². The Labute approximate surface area is 435 Å². The molecule has 0 N–H and O–H groups in total. The van der Waals surface area contributed by atoms with Crippen molar-refractivity contribution in [3.05, 3.63) is 132 Å². The number of carbonyl (C=O) groups excluding carboxylic acids is 1. The molecule has 1 aliphatic heterocycles. The number of anilines is 1. The topological polar surface area (TPSA) is 104 Å². The van der Waals surface area contributed by atoms with Crippen molar-refractivity contribution in [2.24, 2.45) is 11.0 Å². The van der Waals surface area contributed by atoms with Gasteiger partial charge in [0.15, 0.2) is 0 Å². The molecule has 6 aromatic rings. The molecule has 1 aromatic heterocycles. The second-order valence-corrected chi connectivity index (χ2v) is 21.0. The first-order valence-corrected chi connectivity index (χ1v) is 27.9. The molecule has 3 aliphatic rings. The number of ether oxygens (including phenoxy) is 6. The molecule has 0 amide bonds. The summed E-state index contributed by atoms with van der Waals surface area (Å²) in [5.74, 6) is 3.30. The smallest absolute Gasteiger partial charge is 0.330 e. The van der Waals surface area contributed by atoms with E-state index in [1.165, 1.54) is 40.8 Å². The van der Waals surface area contributed by atoms with E-state index in [1.807, 2.05) is 12.3 Å². The third-order valence-electron chi connectivity index (χ3n) is 14.3. The molecule has 380 valence electrons. The van der Waals surface area contributed by atoms with Crippen LogP contribution in [0.3, 0.4) is 0 Å². The van der Waals surface area contributed by atoms with Crippen molar-refractivity contribution in [1.82, 2.24) is 4.98 Å². The van der Waals surface area contributed by atoms with Gasteiger partial charge in [0.2, 0.25) is 5.13 Å². The molecular formula is C60H71N3O7S2. The summed E-state index contributed by atoms with van der Waals surface area (Å²) in [6, 6.07) is 36.6. The second-order valence-electron chi connectivity index (χ2n) is 19.6. The first kappa shape index (κ1) is 51.7. The van der Waals surface area contributed by atoms with Gasteiger partial charge in [-0.25, -0.2) is 14.8 Å². The van der Waals surface area contributed by atoms with Gasteiger partial charge in [-0.3, -0.25) is 0 Å². The summed E-state index contributed by atoms with van der Waals surface area (Å²) in [5.41, 5.74) is 6.84. The molecular weight excluding hydrogens is 939 g/mol. The van der Waals surface area contributed by atoms with Gasteiger partial charge in [-0.15, -0.1) is 0 Å². The van der Waals surface area contributed by atoms with E-state index in [9.17, 15) is 4.79 Å². The highest BCUT2D eigenvalue weighted by atomic mass is 32.1. The number of para-hydroxylation sites is 1. The minimum Gasteiger partial charge on any atom is -0.494 e. The van der Waals surface area contributed by atoms with Gasteiger partial charge in [0.1, 0.15) is 11.5 Å². The van der Waals surface area contributed by atoms with Crippen LogP contribution < -0.4 is 14.5 Å². The molecule has 5 aromatic carbocycles. The van der Waals surface area contributed by atoms with Gasteiger partial charge in [0, 0.05) is 37.8 Å². The van der Waals surface area contributed by atoms with E-state index in [-0.39, 0.29) is 12.1 Å². The summed E-state index contributed by atoms with van der Waals surface area (Å²) in [6.07, 6.45) is 18.9. The van der Waals surface area contributed by atoms with Crippen molar-refractivity contribution in [3.63, 3.8) is 0 Å². The number of epoxide rings is 1. The van der Waals surface area contributed by atoms with Crippen LogP contribution in [0.2, 0.25) is 0 Å². The van der Waals surface area contributed by atoms with Crippen LogP contribution in [-0.2, 0) is 30.3 Å². The maximum Gasteiger partial charge on any atom is 0.330 e. The van der Waals surface area contributed by atoms with Crippen molar-refractivity contribution >= 4 is 62.3 Å². The molecule has 10 nitrogen and oxygen atoms in total. The summed E-state index contributed by atoms with van der Waals surface area (Å²) in [6.45, 7) is 8.09. The molecule has 72 heavy (non-hydrogen) atoms. The van der Waals surface area contributed by atoms with Crippen LogP contribution in [0.4, 0.5) is 5.13 Å². The summed E-state index contributed by atoms with van der Waals surface area (Å²) >= 11 is 6.17. The molecule has 2 aliphatic carbocycles. The Kier molecular flexibility index (Phi) is 19.1. The monoisotopic (exact) mass is 1010 g/mol. The maximum atomic E-state index is 11.3. The Morgan fingerprint density at radius 1 is 0.778 bits per heavy atom. The van der Waals surface area contributed by atoms with Crippen LogP contribution in [0.5, 0.6) is 11.5 Å². The quantitative estimate of drug-likeness (QED) is 0.00978. The summed E-state index contributed by atoms with van der Waals surface area (Å²) in [7, 11) is 0. The maximum absolute atomic E-state index is 11.3. The number of unbranched alkanes of at least 4 members (excludes halogenated alkanes) is 4. The van der Waals surface area contributed by atoms with E-state index in [2.05, 4.69) is 121 Å². The lowest BCUT2D eigenvalue weighted by Crippen LogP contribution is -2.21. The van der Waals surface area contributed by atoms with E-state index in [4.69, 9.17) is 38.5 Å². The molecule has 12 heteroatoms. The normalized spacial score (nSPS) is 19.6. The van der Waals surface area contributed by atoms with Crippen LogP contribution in [0.1, 0.15) is 112 Å². The van der Waals surface area contributed by atoms with Crippen molar-refractivity contribution in [1.29, 1.82) is 0 Å². The van der Waals surface area contributed by atoms with Crippen LogP contribution in [0.15, 0.2) is 121 Å². The fraction of sp³-hybridized carbons (Fsp3) is 0.450. The number of hydrazone groups is 1. The predicted molar refractivity (Wildman–Crippen MR) is 295 cm³/mol. The number of nitrogens with zero attached hydrogens (tertiary/aromatic N) is 3. The van der Waals surface area contributed by atoms with Crippen molar-refractivity contribution < 1.29 is 33.2 Å². The highest BCUT2D eigenvalue weighted by molar-refractivity contribution is 7.80. The Balaban J connectivity index is 0.792. The number of thiazole rings is 1. The van der Waals surface area contributed by atoms with Crippen LogP contribution >= 0.6 is 24.0 Å². The summed E-state index contributed by atoms with van der Waals surface area (Å²) in [5, 5.41) is 10.5. The molecule has 3 unspecified atom stereocenters. The van der Waals surface area contributed by atoms with Gasteiger partial charge in [0.05, 0.1) is 61.2 Å². The van der Waals surface area contributed by atoms with Gasteiger partial charge >= 0.3 is 5.97 Å². The highest BCUT2D eigenvalue weighted by Crippen LogP contribution is 2.40. The number of esters is 1. The number of benzene rings is 5. The van der Waals surface area contributed by atoms with Gasteiger partial charge in [-0.1, -0.05) is 72.5 Å². The lowest BCUT2D eigenvalue weighted by molar-refractivity contribution is -0.137. The van der Waals surface area contributed by atoms with E-state index >= 15 is 0 Å². The second kappa shape index (κ2) is 26.6. The van der Waals surface area contributed by atoms with Crippen LogP contribution in [0, 0.1) is 5.92 Å². The highest BCUT2D eigenvalue weighted by Gasteiger charge is 2.43. The standard InChI is InChI=1S/C60H71N3O7S2/c1-2-59(64)68-33-9-4-3-8-32-66-51-25-19-46(20-26-51)54-28-22-48(38-50(54)40-61-63(30-7-10-35-71)60-62-55-12-5-6-13-58(55)72-60)45-17-23-52(24-18-45)69-42-43-14-16-49-39-53(27-21-47(49)36-43)67-34-11-31-65-41-44-15-29-56-57(37-44)70-56/h2,5-6,12-14,16,19-22,25-28,36,38-40,44-45,52,56-57,71H,1,3-4,7-11,15,17-18,23-24,29-35,37,41-42H2/b61-40+. The van der Waals surface area contributed by atoms with Gasteiger partial charge < -0.3 is 28.4 Å². The zero-order chi connectivity index (χ0) is 49.3.